The molecule has 0 amide bonds. The van der Waals surface area contributed by atoms with Crippen LogP contribution in [0.1, 0.15) is 329 Å². The summed E-state index contributed by atoms with van der Waals surface area (Å²) in [6.45, 7) is 9.08. The summed E-state index contributed by atoms with van der Waals surface area (Å²) < 4.78 is 16.9. The highest BCUT2D eigenvalue weighted by atomic mass is 16.6. The van der Waals surface area contributed by atoms with Crippen LogP contribution < -0.4 is 0 Å². The van der Waals surface area contributed by atoms with Gasteiger partial charge in [-0.15, -0.1) is 0 Å². The first kappa shape index (κ1) is 62.4. The van der Waals surface area contributed by atoms with Gasteiger partial charge in [-0.05, 0) is 25.2 Å². The number of carbonyl (C=O) groups is 3. The Bertz CT molecular complexity index is 966. The molecule has 6 heteroatoms. The molecular weight excluding hydrogens is 793 g/mol. The number of rotatable bonds is 53. The molecule has 0 radical (unpaired) electrons. The van der Waals surface area contributed by atoms with Gasteiger partial charge in [0.2, 0.25) is 0 Å². The summed E-state index contributed by atoms with van der Waals surface area (Å²) in [4.78, 5) is 38.1. The van der Waals surface area contributed by atoms with Gasteiger partial charge in [-0.25, -0.2) is 0 Å². The maximum Gasteiger partial charge on any atom is 0.306 e. The van der Waals surface area contributed by atoms with Gasteiger partial charge in [0.1, 0.15) is 13.2 Å². The lowest BCUT2D eigenvalue weighted by Gasteiger charge is -2.18. The minimum Gasteiger partial charge on any atom is -0.462 e. The van der Waals surface area contributed by atoms with Gasteiger partial charge in [0, 0.05) is 19.3 Å². The van der Waals surface area contributed by atoms with Gasteiger partial charge in [-0.3, -0.25) is 14.4 Å². The van der Waals surface area contributed by atoms with Crippen LogP contribution in [0.15, 0.2) is 0 Å². The van der Waals surface area contributed by atoms with Gasteiger partial charge in [-0.2, -0.15) is 0 Å². The van der Waals surface area contributed by atoms with Gasteiger partial charge < -0.3 is 14.2 Å². The molecule has 0 aromatic heterocycles. The van der Waals surface area contributed by atoms with Crippen LogP contribution in [0.4, 0.5) is 0 Å². The fourth-order valence-electron chi connectivity index (χ4n) is 8.89. The van der Waals surface area contributed by atoms with Crippen molar-refractivity contribution in [3.63, 3.8) is 0 Å². The van der Waals surface area contributed by atoms with Gasteiger partial charge in [0.15, 0.2) is 6.10 Å². The molecule has 0 aliphatic rings. The Balaban J connectivity index is 4.30. The minimum atomic E-state index is -0.762. The molecule has 0 aromatic carbocycles. The molecule has 0 spiro atoms. The Morgan fingerprint density at radius 3 is 0.812 bits per heavy atom. The van der Waals surface area contributed by atoms with Gasteiger partial charge >= 0.3 is 17.9 Å². The SMILES string of the molecule is CCCCCCCCCCCCCCCCCCCCC(=O)O[C@@H](COC(=O)CCCCCCCCCCCCCCCC)COC(=O)CCCCCCCCCCCCC(C)CC. The lowest BCUT2D eigenvalue weighted by atomic mass is 9.99. The zero-order valence-corrected chi connectivity index (χ0v) is 43.8. The molecule has 0 N–H and O–H groups in total. The monoisotopic (exact) mass is 905 g/mol. The maximum atomic E-state index is 12.9. The molecule has 0 saturated carbocycles. The Kier molecular flexibility index (Phi) is 51.1. The first-order valence-electron chi connectivity index (χ1n) is 28.9. The van der Waals surface area contributed by atoms with E-state index >= 15 is 0 Å². The summed E-state index contributed by atoms with van der Waals surface area (Å²) in [7, 11) is 0. The number of hydrogen-bond acceptors (Lipinski definition) is 6. The first-order chi connectivity index (χ1) is 31.4. The maximum absolute atomic E-state index is 12.9. The Morgan fingerprint density at radius 1 is 0.312 bits per heavy atom. The molecule has 380 valence electrons. The van der Waals surface area contributed by atoms with Crippen LogP contribution in [-0.4, -0.2) is 37.2 Å². The van der Waals surface area contributed by atoms with Crippen LogP contribution in [0, 0.1) is 5.92 Å². The van der Waals surface area contributed by atoms with E-state index in [0.29, 0.717) is 19.3 Å². The van der Waals surface area contributed by atoms with Gasteiger partial charge in [0.05, 0.1) is 0 Å². The highest BCUT2D eigenvalue weighted by Crippen LogP contribution is 2.18. The molecule has 0 bridgehead atoms. The minimum absolute atomic E-state index is 0.0621. The first-order valence-corrected chi connectivity index (χ1v) is 28.9. The fraction of sp³-hybridized carbons (Fsp3) is 0.948. The van der Waals surface area contributed by atoms with Crippen LogP contribution in [0.5, 0.6) is 0 Å². The predicted octanol–water partition coefficient (Wildman–Crippen LogP) is 19.0. The van der Waals surface area contributed by atoms with Crippen LogP contribution >= 0.6 is 0 Å². The van der Waals surface area contributed by atoms with Crippen molar-refractivity contribution in [1.29, 1.82) is 0 Å². The van der Waals surface area contributed by atoms with Crippen molar-refractivity contribution in [1.82, 2.24) is 0 Å². The molecule has 1 unspecified atom stereocenters. The molecule has 0 aromatic rings. The second-order valence-electron chi connectivity index (χ2n) is 20.2. The molecule has 0 fully saturated rings. The Hall–Kier alpha value is -1.59. The van der Waals surface area contributed by atoms with Gasteiger partial charge in [0.25, 0.3) is 0 Å². The van der Waals surface area contributed by atoms with E-state index in [0.717, 1.165) is 63.7 Å². The van der Waals surface area contributed by atoms with Crippen LogP contribution in [-0.2, 0) is 28.6 Å². The zero-order valence-electron chi connectivity index (χ0n) is 43.8. The number of ether oxygens (including phenoxy) is 3. The van der Waals surface area contributed by atoms with Crippen molar-refractivity contribution < 1.29 is 28.6 Å². The van der Waals surface area contributed by atoms with E-state index < -0.39 is 6.10 Å². The third kappa shape index (κ3) is 49.8. The van der Waals surface area contributed by atoms with Crippen molar-refractivity contribution in [3.05, 3.63) is 0 Å². The van der Waals surface area contributed by atoms with E-state index in [4.69, 9.17) is 14.2 Å². The number of esters is 3. The summed E-state index contributed by atoms with van der Waals surface area (Å²) in [6.07, 6.45) is 56.5. The summed E-state index contributed by atoms with van der Waals surface area (Å²) in [6, 6.07) is 0. The van der Waals surface area contributed by atoms with E-state index in [1.54, 1.807) is 0 Å². The van der Waals surface area contributed by atoms with E-state index in [1.165, 1.54) is 225 Å². The lowest BCUT2D eigenvalue weighted by molar-refractivity contribution is -0.167. The normalized spacial score (nSPS) is 12.4. The van der Waals surface area contributed by atoms with Crippen LogP contribution in [0.2, 0.25) is 0 Å². The van der Waals surface area contributed by atoms with E-state index in [1.807, 2.05) is 0 Å². The van der Waals surface area contributed by atoms with E-state index in [-0.39, 0.29) is 31.1 Å². The topological polar surface area (TPSA) is 78.9 Å². The third-order valence-corrected chi connectivity index (χ3v) is 13.7. The van der Waals surface area contributed by atoms with Crippen molar-refractivity contribution >= 4 is 17.9 Å². The summed E-state index contributed by atoms with van der Waals surface area (Å²) >= 11 is 0. The molecule has 0 aliphatic heterocycles. The molecular formula is C58H112O6. The Labute approximate surface area is 399 Å². The average Bonchev–Trinajstić information content (AvgIpc) is 3.29. The largest absolute Gasteiger partial charge is 0.462 e. The fourth-order valence-corrected chi connectivity index (χ4v) is 8.89. The average molecular weight is 906 g/mol. The highest BCUT2D eigenvalue weighted by molar-refractivity contribution is 5.71. The number of hydrogen-bond donors (Lipinski definition) is 0. The molecule has 0 saturated heterocycles. The summed E-state index contributed by atoms with van der Waals surface area (Å²) in [5.74, 6) is 0.0335. The molecule has 2 atom stereocenters. The summed E-state index contributed by atoms with van der Waals surface area (Å²) in [5, 5.41) is 0. The van der Waals surface area contributed by atoms with Crippen LogP contribution in [0.3, 0.4) is 0 Å². The van der Waals surface area contributed by atoms with Crippen molar-refractivity contribution in [3.8, 4) is 0 Å². The smallest absolute Gasteiger partial charge is 0.306 e. The van der Waals surface area contributed by atoms with Crippen molar-refractivity contribution in [2.75, 3.05) is 13.2 Å². The molecule has 0 rings (SSSR count). The molecule has 6 nitrogen and oxygen atoms in total. The third-order valence-electron chi connectivity index (χ3n) is 13.7. The lowest BCUT2D eigenvalue weighted by Crippen LogP contribution is -2.30. The van der Waals surface area contributed by atoms with Crippen LogP contribution in [0.25, 0.3) is 0 Å². The number of unbranched alkanes of at least 4 members (excludes halogenated alkanes) is 39. The Morgan fingerprint density at radius 2 is 0.547 bits per heavy atom. The standard InChI is InChI=1S/C58H112O6/c1-5-8-10-12-14-16-18-20-22-23-24-25-27-29-35-39-43-47-51-58(61)64-55(52-62-56(59)49-45-41-37-33-28-26-21-19-17-15-13-11-9-6-2)53-63-57(60)50-46-42-38-34-31-30-32-36-40-44-48-54(4)7-3/h54-55H,5-53H2,1-4H3/t54?,55-/m0/s1. The second-order valence-corrected chi connectivity index (χ2v) is 20.2. The second kappa shape index (κ2) is 52.4. The van der Waals surface area contributed by atoms with Gasteiger partial charge in [-0.1, -0.05) is 291 Å². The molecule has 0 aliphatic carbocycles. The molecule has 64 heavy (non-hydrogen) atoms. The number of carbonyl (C=O) groups excluding carboxylic acids is 3. The van der Waals surface area contributed by atoms with Crippen molar-refractivity contribution in [2.45, 2.75) is 336 Å². The quantitative estimate of drug-likeness (QED) is 0.0344. The molecule has 0 heterocycles. The van der Waals surface area contributed by atoms with E-state index in [9.17, 15) is 14.4 Å². The summed E-state index contributed by atoms with van der Waals surface area (Å²) in [5.41, 5.74) is 0. The van der Waals surface area contributed by atoms with Crippen molar-refractivity contribution in [2.24, 2.45) is 5.92 Å². The zero-order chi connectivity index (χ0) is 46.7. The predicted molar refractivity (Wildman–Crippen MR) is 275 cm³/mol. The van der Waals surface area contributed by atoms with E-state index in [2.05, 4.69) is 27.7 Å². The highest BCUT2D eigenvalue weighted by Gasteiger charge is 2.19.